The lowest BCUT2D eigenvalue weighted by atomic mass is 9.78. The highest BCUT2D eigenvalue weighted by Crippen LogP contribution is 2.31. The van der Waals surface area contributed by atoms with E-state index in [0.717, 1.165) is 0 Å². The summed E-state index contributed by atoms with van der Waals surface area (Å²) in [7, 11) is 0. The lowest BCUT2D eigenvalue weighted by molar-refractivity contribution is -0.0158. The minimum atomic E-state index is -1.07. The summed E-state index contributed by atoms with van der Waals surface area (Å²) in [6.45, 7) is 3.26. The van der Waals surface area contributed by atoms with Gasteiger partial charge in [-0.2, -0.15) is 0 Å². The van der Waals surface area contributed by atoms with Gasteiger partial charge in [-0.05, 0) is 26.7 Å². The molecule has 76 valence electrons. The molecule has 2 atom stereocenters. The lowest BCUT2D eigenvalue weighted by Gasteiger charge is -2.34. The lowest BCUT2D eigenvalue weighted by Crippen LogP contribution is -2.39. The molecule has 0 aromatic heterocycles. The van der Waals surface area contributed by atoms with Crippen LogP contribution < -0.4 is 0 Å². The number of hydrogen-bond donors (Lipinski definition) is 3. The van der Waals surface area contributed by atoms with Gasteiger partial charge in [-0.1, -0.05) is 12.2 Å². The average Bonchev–Trinajstić information content (AvgIpc) is 2.04. The molecule has 1 aliphatic carbocycles. The number of aliphatic hydroxyl groups excluding tert-OH is 1. The van der Waals surface area contributed by atoms with Crippen molar-refractivity contribution in [3.05, 3.63) is 12.2 Å². The highest BCUT2D eigenvalue weighted by Gasteiger charge is 2.33. The Morgan fingerprint density at radius 2 is 2.15 bits per heavy atom. The first kappa shape index (κ1) is 10.7. The molecule has 0 aromatic carbocycles. The Labute approximate surface area is 78.7 Å². The first-order chi connectivity index (χ1) is 5.87. The van der Waals surface area contributed by atoms with Crippen LogP contribution in [0.1, 0.15) is 26.7 Å². The van der Waals surface area contributed by atoms with Crippen molar-refractivity contribution in [2.75, 3.05) is 6.61 Å². The van der Waals surface area contributed by atoms with Crippen molar-refractivity contribution in [1.82, 2.24) is 0 Å². The molecule has 13 heavy (non-hydrogen) atoms. The molecule has 0 spiro atoms. The van der Waals surface area contributed by atoms with Crippen LogP contribution in [0.2, 0.25) is 0 Å². The highest BCUT2D eigenvalue weighted by atomic mass is 16.3. The summed E-state index contributed by atoms with van der Waals surface area (Å²) in [6.07, 6.45) is 4.60. The van der Waals surface area contributed by atoms with Crippen LogP contribution in [-0.4, -0.2) is 33.1 Å². The maximum atomic E-state index is 9.69. The molecule has 0 saturated heterocycles. The molecule has 3 nitrogen and oxygen atoms in total. The second-order valence-electron chi connectivity index (χ2n) is 4.42. The van der Waals surface area contributed by atoms with Gasteiger partial charge in [0.15, 0.2) is 0 Å². The van der Waals surface area contributed by atoms with E-state index in [-0.39, 0.29) is 12.5 Å². The molecule has 0 amide bonds. The van der Waals surface area contributed by atoms with Crippen LogP contribution in [0.3, 0.4) is 0 Å². The monoisotopic (exact) mass is 186 g/mol. The van der Waals surface area contributed by atoms with E-state index in [1.165, 1.54) is 0 Å². The molecule has 1 aliphatic rings. The van der Waals surface area contributed by atoms with E-state index in [2.05, 4.69) is 0 Å². The Bertz CT molecular complexity index is 205. The third kappa shape index (κ3) is 2.53. The normalized spacial score (nSPS) is 35.0. The van der Waals surface area contributed by atoms with E-state index in [9.17, 15) is 10.2 Å². The van der Waals surface area contributed by atoms with E-state index in [4.69, 9.17) is 5.11 Å². The molecule has 0 aromatic rings. The molecule has 0 aliphatic heterocycles. The van der Waals surface area contributed by atoms with E-state index >= 15 is 0 Å². The number of hydrogen-bond acceptors (Lipinski definition) is 3. The molecule has 0 heterocycles. The third-order valence-electron chi connectivity index (χ3n) is 2.71. The summed E-state index contributed by atoms with van der Waals surface area (Å²) in [6, 6.07) is 0. The fourth-order valence-corrected chi connectivity index (χ4v) is 1.60. The van der Waals surface area contributed by atoms with E-state index in [1.807, 2.05) is 0 Å². The van der Waals surface area contributed by atoms with Crippen LogP contribution in [0.5, 0.6) is 0 Å². The van der Waals surface area contributed by atoms with Gasteiger partial charge in [-0.3, -0.25) is 0 Å². The molecule has 0 saturated carbocycles. The average molecular weight is 186 g/mol. The molecule has 0 radical (unpaired) electrons. The Morgan fingerprint density at radius 1 is 1.54 bits per heavy atom. The van der Waals surface area contributed by atoms with Crippen LogP contribution in [0.15, 0.2) is 12.2 Å². The van der Waals surface area contributed by atoms with E-state index < -0.39 is 11.2 Å². The highest BCUT2D eigenvalue weighted by molar-refractivity contribution is 5.10. The molecule has 1 rings (SSSR count). The fourth-order valence-electron chi connectivity index (χ4n) is 1.60. The van der Waals surface area contributed by atoms with Crippen molar-refractivity contribution >= 4 is 0 Å². The summed E-state index contributed by atoms with van der Waals surface area (Å²) < 4.78 is 0. The van der Waals surface area contributed by atoms with Crippen molar-refractivity contribution < 1.29 is 15.3 Å². The van der Waals surface area contributed by atoms with Crippen molar-refractivity contribution in [2.45, 2.75) is 37.9 Å². The van der Waals surface area contributed by atoms with Gasteiger partial charge < -0.3 is 15.3 Å². The topological polar surface area (TPSA) is 60.7 Å². The number of aliphatic hydroxyl groups is 3. The Kier molecular flexibility index (Phi) is 2.80. The second kappa shape index (κ2) is 3.40. The van der Waals surface area contributed by atoms with Crippen LogP contribution in [-0.2, 0) is 0 Å². The van der Waals surface area contributed by atoms with Gasteiger partial charge in [0, 0.05) is 5.92 Å². The van der Waals surface area contributed by atoms with Gasteiger partial charge >= 0.3 is 0 Å². The van der Waals surface area contributed by atoms with Gasteiger partial charge in [-0.25, -0.2) is 0 Å². The molecule has 3 heteroatoms. The van der Waals surface area contributed by atoms with Gasteiger partial charge in [-0.15, -0.1) is 0 Å². The Hall–Kier alpha value is -0.380. The standard InChI is InChI=1S/C10H18O3/c1-9(2,12)8-3-5-10(13,7-11)6-4-8/h3,5,8,11-13H,4,6-7H2,1-2H3/t8-,10+/m0/s1. The molecule has 3 N–H and O–H groups in total. The van der Waals surface area contributed by atoms with Gasteiger partial charge in [0.05, 0.1) is 12.2 Å². The summed E-state index contributed by atoms with van der Waals surface area (Å²) >= 11 is 0. The molecular formula is C10H18O3. The summed E-state index contributed by atoms with van der Waals surface area (Å²) in [5.41, 5.74) is -1.81. The first-order valence-electron chi connectivity index (χ1n) is 4.62. The predicted octanol–water partition coefficient (Wildman–Crippen LogP) is 0.447. The van der Waals surface area contributed by atoms with Crippen molar-refractivity contribution in [3.63, 3.8) is 0 Å². The second-order valence-corrected chi connectivity index (χ2v) is 4.42. The molecule has 0 bridgehead atoms. The smallest absolute Gasteiger partial charge is 0.106 e. The van der Waals surface area contributed by atoms with E-state index in [1.54, 1.807) is 26.0 Å². The molecule has 0 fully saturated rings. The van der Waals surface area contributed by atoms with Crippen molar-refractivity contribution in [2.24, 2.45) is 5.92 Å². The number of rotatable bonds is 2. The minimum Gasteiger partial charge on any atom is -0.393 e. The third-order valence-corrected chi connectivity index (χ3v) is 2.71. The molecular weight excluding hydrogens is 168 g/mol. The van der Waals surface area contributed by atoms with Crippen LogP contribution >= 0.6 is 0 Å². The largest absolute Gasteiger partial charge is 0.393 e. The first-order valence-corrected chi connectivity index (χ1v) is 4.62. The van der Waals surface area contributed by atoms with Crippen molar-refractivity contribution in [1.29, 1.82) is 0 Å². The van der Waals surface area contributed by atoms with Crippen molar-refractivity contribution in [3.8, 4) is 0 Å². The minimum absolute atomic E-state index is 0.0688. The SMILES string of the molecule is CC(C)(O)[C@H]1C=C[C@](O)(CO)CC1. The fraction of sp³-hybridized carbons (Fsp3) is 0.800. The zero-order valence-corrected chi connectivity index (χ0v) is 8.20. The zero-order chi connectivity index (χ0) is 10.1. The Morgan fingerprint density at radius 3 is 2.46 bits per heavy atom. The molecule has 0 unspecified atom stereocenters. The van der Waals surface area contributed by atoms with E-state index in [0.29, 0.717) is 12.8 Å². The van der Waals surface area contributed by atoms with Crippen LogP contribution in [0.4, 0.5) is 0 Å². The summed E-state index contributed by atoms with van der Waals surface area (Å²) in [4.78, 5) is 0. The maximum Gasteiger partial charge on any atom is 0.106 e. The Balaban J connectivity index is 2.67. The van der Waals surface area contributed by atoms with Gasteiger partial charge in [0.1, 0.15) is 5.60 Å². The summed E-state index contributed by atoms with van der Waals surface area (Å²) in [5.74, 6) is 0.0688. The summed E-state index contributed by atoms with van der Waals surface area (Å²) in [5, 5.41) is 28.2. The van der Waals surface area contributed by atoms with Gasteiger partial charge in [0.2, 0.25) is 0 Å². The van der Waals surface area contributed by atoms with Crippen LogP contribution in [0, 0.1) is 5.92 Å². The maximum absolute atomic E-state index is 9.69. The quantitative estimate of drug-likeness (QED) is 0.549. The van der Waals surface area contributed by atoms with Crippen LogP contribution in [0.25, 0.3) is 0 Å². The predicted molar refractivity (Wildman–Crippen MR) is 50.2 cm³/mol. The zero-order valence-electron chi connectivity index (χ0n) is 8.20. The van der Waals surface area contributed by atoms with Gasteiger partial charge in [0.25, 0.3) is 0 Å².